The highest BCUT2D eigenvalue weighted by Crippen LogP contribution is 2.39. The van der Waals surface area contributed by atoms with Crippen LogP contribution < -0.4 is 5.32 Å². The van der Waals surface area contributed by atoms with E-state index in [1.807, 2.05) is 42.5 Å². The molecule has 0 unspecified atom stereocenters. The van der Waals surface area contributed by atoms with E-state index in [0.717, 1.165) is 22.0 Å². The number of carbonyl (C=O) groups excluding carboxylic acids is 1. The lowest BCUT2D eigenvalue weighted by atomic mass is 10.1. The predicted molar refractivity (Wildman–Crippen MR) is 113 cm³/mol. The van der Waals surface area contributed by atoms with Gasteiger partial charge in [0, 0.05) is 19.8 Å². The Morgan fingerprint density at radius 3 is 2.44 bits per heavy atom. The Morgan fingerprint density at radius 1 is 1.11 bits per heavy atom. The van der Waals surface area contributed by atoms with Crippen molar-refractivity contribution in [3.8, 4) is 0 Å². The number of amides is 1. The summed E-state index contributed by atoms with van der Waals surface area (Å²) in [6, 6.07) is 18.0. The molecule has 27 heavy (non-hydrogen) atoms. The van der Waals surface area contributed by atoms with Crippen LogP contribution in [0.2, 0.25) is 0 Å². The summed E-state index contributed by atoms with van der Waals surface area (Å²) >= 11 is 2.88. The van der Waals surface area contributed by atoms with Crippen molar-refractivity contribution in [2.24, 2.45) is 0 Å². The van der Waals surface area contributed by atoms with Gasteiger partial charge in [0.05, 0.1) is 0 Å². The Labute approximate surface area is 167 Å². The summed E-state index contributed by atoms with van der Waals surface area (Å²) in [5.41, 5.74) is 3.23. The van der Waals surface area contributed by atoms with Gasteiger partial charge in [0.15, 0.2) is 4.34 Å². The molecule has 1 amide bonds. The minimum Gasteiger partial charge on any atom is -0.348 e. The number of rotatable bonds is 7. The molecule has 1 heterocycles. The van der Waals surface area contributed by atoms with Gasteiger partial charge in [-0.05, 0) is 29.7 Å². The molecule has 0 aliphatic carbocycles. The number of nitrogens with zero attached hydrogens (tertiary/aromatic N) is 3. The van der Waals surface area contributed by atoms with Crippen LogP contribution in [0.5, 0.6) is 0 Å². The number of aryl methyl sites for hydroxylation is 1. The first-order chi connectivity index (χ1) is 13.1. The topological polar surface area (TPSA) is 58.1 Å². The molecule has 5 nitrogen and oxygen atoms in total. The molecule has 0 saturated heterocycles. The summed E-state index contributed by atoms with van der Waals surface area (Å²) < 4.78 is 0.756. The van der Waals surface area contributed by atoms with Gasteiger partial charge in [0.25, 0.3) is 0 Å². The SMILES string of the molecule is CCc1ccc(Nc2nnc(S[C@H](C(=O)N(C)C)c3ccccc3)s2)cc1. The molecule has 0 saturated carbocycles. The van der Waals surface area contributed by atoms with E-state index in [1.54, 1.807) is 19.0 Å². The minimum absolute atomic E-state index is 0.0334. The maximum Gasteiger partial charge on any atom is 0.240 e. The smallest absolute Gasteiger partial charge is 0.240 e. The number of nitrogens with one attached hydrogen (secondary N) is 1. The van der Waals surface area contributed by atoms with Crippen LogP contribution >= 0.6 is 23.1 Å². The lowest BCUT2D eigenvalue weighted by molar-refractivity contribution is -0.128. The first-order valence-electron chi connectivity index (χ1n) is 8.69. The molecular formula is C20H22N4OS2. The number of benzene rings is 2. The van der Waals surface area contributed by atoms with E-state index in [9.17, 15) is 4.79 Å². The number of carbonyl (C=O) groups is 1. The highest BCUT2D eigenvalue weighted by atomic mass is 32.2. The molecule has 1 atom stereocenters. The Hall–Kier alpha value is -2.38. The molecule has 0 bridgehead atoms. The van der Waals surface area contributed by atoms with Crippen molar-refractivity contribution in [2.45, 2.75) is 22.9 Å². The number of likely N-dealkylation sites (N-methyl/N-ethyl adjacent to an activating group) is 1. The number of hydrogen-bond acceptors (Lipinski definition) is 6. The third-order valence-electron chi connectivity index (χ3n) is 4.01. The summed E-state index contributed by atoms with van der Waals surface area (Å²) in [6.07, 6.45) is 1.01. The molecule has 3 rings (SSSR count). The zero-order chi connectivity index (χ0) is 19.2. The first-order valence-corrected chi connectivity index (χ1v) is 10.4. The van der Waals surface area contributed by atoms with Crippen LogP contribution in [-0.4, -0.2) is 35.1 Å². The van der Waals surface area contributed by atoms with E-state index in [1.165, 1.54) is 28.7 Å². The Balaban J connectivity index is 1.74. The molecule has 0 spiro atoms. The summed E-state index contributed by atoms with van der Waals surface area (Å²) in [4.78, 5) is 14.3. The molecule has 0 aliphatic heterocycles. The summed E-state index contributed by atoms with van der Waals surface area (Å²) in [5, 5.41) is 12.1. The van der Waals surface area contributed by atoms with Crippen molar-refractivity contribution in [2.75, 3.05) is 19.4 Å². The van der Waals surface area contributed by atoms with Gasteiger partial charge < -0.3 is 10.2 Å². The van der Waals surface area contributed by atoms with Gasteiger partial charge in [-0.3, -0.25) is 4.79 Å². The second-order valence-electron chi connectivity index (χ2n) is 6.19. The van der Waals surface area contributed by atoms with Gasteiger partial charge in [0.2, 0.25) is 11.0 Å². The Kier molecular flexibility index (Phi) is 6.47. The zero-order valence-electron chi connectivity index (χ0n) is 15.5. The minimum atomic E-state index is -0.342. The Morgan fingerprint density at radius 2 is 1.81 bits per heavy atom. The van der Waals surface area contributed by atoms with Crippen molar-refractivity contribution >= 4 is 39.8 Å². The van der Waals surface area contributed by atoms with Gasteiger partial charge in [-0.25, -0.2) is 0 Å². The van der Waals surface area contributed by atoms with Gasteiger partial charge in [-0.1, -0.05) is 72.5 Å². The second kappa shape index (κ2) is 9.01. The molecule has 1 aromatic heterocycles. The molecule has 0 radical (unpaired) electrons. The van der Waals surface area contributed by atoms with E-state index in [-0.39, 0.29) is 11.2 Å². The molecule has 1 N–H and O–H groups in total. The summed E-state index contributed by atoms with van der Waals surface area (Å²) in [6.45, 7) is 2.13. The number of hydrogen-bond donors (Lipinski definition) is 1. The lowest BCUT2D eigenvalue weighted by Gasteiger charge is -2.19. The van der Waals surface area contributed by atoms with Crippen molar-refractivity contribution in [3.05, 3.63) is 65.7 Å². The molecule has 0 fully saturated rings. The van der Waals surface area contributed by atoms with E-state index in [0.29, 0.717) is 5.13 Å². The highest BCUT2D eigenvalue weighted by molar-refractivity contribution is 8.01. The number of aromatic nitrogens is 2. The normalized spacial score (nSPS) is 11.8. The van der Waals surface area contributed by atoms with E-state index >= 15 is 0 Å². The van der Waals surface area contributed by atoms with Crippen molar-refractivity contribution < 1.29 is 4.79 Å². The molecule has 140 valence electrons. The van der Waals surface area contributed by atoms with Crippen LogP contribution in [-0.2, 0) is 11.2 Å². The molecule has 7 heteroatoms. The second-order valence-corrected chi connectivity index (χ2v) is 8.52. The third-order valence-corrected chi connectivity index (χ3v) is 6.17. The largest absolute Gasteiger partial charge is 0.348 e. The van der Waals surface area contributed by atoms with Crippen molar-refractivity contribution in [1.29, 1.82) is 0 Å². The average Bonchev–Trinajstić information content (AvgIpc) is 3.13. The van der Waals surface area contributed by atoms with Crippen molar-refractivity contribution in [1.82, 2.24) is 15.1 Å². The fourth-order valence-electron chi connectivity index (χ4n) is 2.48. The maximum atomic E-state index is 12.7. The quantitative estimate of drug-likeness (QED) is 0.581. The molecule has 0 aliphatic rings. The van der Waals surface area contributed by atoms with Gasteiger partial charge in [0.1, 0.15) is 5.25 Å². The molecular weight excluding hydrogens is 376 g/mol. The van der Waals surface area contributed by atoms with E-state index < -0.39 is 0 Å². The number of anilines is 2. The standard InChI is InChI=1S/C20H22N4OS2/c1-4-14-10-12-16(13-11-14)21-19-22-23-20(27-19)26-17(18(25)24(2)3)15-8-6-5-7-9-15/h5-13,17H,4H2,1-3H3,(H,21,22)/t17-/m0/s1. The lowest BCUT2D eigenvalue weighted by Crippen LogP contribution is -2.26. The van der Waals surface area contributed by atoms with Gasteiger partial charge in [-0.15, -0.1) is 10.2 Å². The Bertz CT molecular complexity index is 879. The van der Waals surface area contributed by atoms with Crippen LogP contribution in [0.15, 0.2) is 58.9 Å². The van der Waals surface area contributed by atoms with Gasteiger partial charge >= 0.3 is 0 Å². The first kappa shape index (κ1) is 19.4. The van der Waals surface area contributed by atoms with Gasteiger partial charge in [-0.2, -0.15) is 0 Å². The summed E-state index contributed by atoms with van der Waals surface area (Å²) in [5.74, 6) is 0.0334. The molecule has 3 aromatic rings. The van der Waals surface area contributed by atoms with Crippen LogP contribution in [0.3, 0.4) is 0 Å². The van der Waals surface area contributed by atoms with Crippen LogP contribution in [0, 0.1) is 0 Å². The zero-order valence-corrected chi connectivity index (χ0v) is 17.2. The fourth-order valence-corrected chi connectivity index (χ4v) is 4.59. The summed E-state index contributed by atoms with van der Waals surface area (Å²) in [7, 11) is 3.54. The van der Waals surface area contributed by atoms with E-state index in [2.05, 4.69) is 34.6 Å². The third kappa shape index (κ3) is 5.08. The predicted octanol–water partition coefficient (Wildman–Crippen LogP) is 4.77. The van der Waals surface area contributed by atoms with Crippen LogP contribution in [0.1, 0.15) is 23.3 Å². The average molecular weight is 399 g/mol. The fraction of sp³-hybridized carbons (Fsp3) is 0.250. The van der Waals surface area contributed by atoms with Crippen LogP contribution in [0.4, 0.5) is 10.8 Å². The van der Waals surface area contributed by atoms with Crippen molar-refractivity contribution in [3.63, 3.8) is 0 Å². The maximum absolute atomic E-state index is 12.7. The number of thioether (sulfide) groups is 1. The highest BCUT2D eigenvalue weighted by Gasteiger charge is 2.25. The van der Waals surface area contributed by atoms with E-state index in [4.69, 9.17) is 0 Å². The monoisotopic (exact) mass is 398 g/mol. The van der Waals surface area contributed by atoms with Crippen LogP contribution in [0.25, 0.3) is 0 Å². The molecule has 2 aromatic carbocycles.